The minimum Gasteiger partial charge on any atom is -0.306 e. The largest absolute Gasteiger partial charge is 0.306 e. The highest BCUT2D eigenvalue weighted by atomic mass is 19.1. The summed E-state index contributed by atoms with van der Waals surface area (Å²) in [6.07, 6.45) is 6.71. The first kappa shape index (κ1) is 20.5. The highest BCUT2D eigenvalue weighted by Crippen LogP contribution is 2.21. The number of nitrogens with one attached hydrogen (secondary N) is 1. The number of rotatable bonds is 5. The van der Waals surface area contributed by atoms with Crippen LogP contribution in [-0.2, 0) is 6.54 Å². The maximum absolute atomic E-state index is 13.6. The first-order chi connectivity index (χ1) is 15.1. The van der Waals surface area contributed by atoms with E-state index in [0.29, 0.717) is 6.54 Å². The van der Waals surface area contributed by atoms with Gasteiger partial charge in [0, 0.05) is 41.8 Å². The molecule has 2 aromatic heterocycles. The van der Waals surface area contributed by atoms with E-state index in [9.17, 15) is 4.39 Å². The average Bonchev–Trinajstić information content (AvgIpc) is 3.19. The Morgan fingerprint density at radius 1 is 1.00 bits per heavy atom. The molecule has 0 saturated heterocycles. The molecule has 2 aromatic carbocycles. The standard InChI is InChI=1S/C25H22FN5/c1-18(25-16-30-31(19(25)2)24-5-3-4-23(26)12-24)29-15-21-9-6-20(7-10-21)8-11-22-13-27-17-28-14-22/h3-7,9-10,12-14,16-18,29H,15H2,1-2H3/t18-/m1/s1. The molecule has 0 aliphatic heterocycles. The molecule has 0 aliphatic carbocycles. The summed E-state index contributed by atoms with van der Waals surface area (Å²) >= 11 is 0. The van der Waals surface area contributed by atoms with Crippen molar-refractivity contribution in [1.29, 1.82) is 0 Å². The van der Waals surface area contributed by atoms with Gasteiger partial charge in [0.05, 0.1) is 17.4 Å². The molecule has 0 radical (unpaired) electrons. The minimum absolute atomic E-state index is 0.0971. The van der Waals surface area contributed by atoms with Crippen LogP contribution in [0.15, 0.2) is 73.4 Å². The van der Waals surface area contributed by atoms with E-state index in [2.05, 4.69) is 51.3 Å². The van der Waals surface area contributed by atoms with Crippen LogP contribution in [0.3, 0.4) is 0 Å². The van der Waals surface area contributed by atoms with Crippen molar-refractivity contribution in [1.82, 2.24) is 25.1 Å². The Morgan fingerprint density at radius 2 is 1.74 bits per heavy atom. The third kappa shape index (κ3) is 5.03. The predicted molar refractivity (Wildman–Crippen MR) is 118 cm³/mol. The minimum atomic E-state index is -0.273. The smallest absolute Gasteiger partial charge is 0.125 e. The molecule has 0 aliphatic rings. The van der Waals surface area contributed by atoms with Crippen molar-refractivity contribution in [3.05, 3.63) is 107 Å². The van der Waals surface area contributed by atoms with Crippen molar-refractivity contribution in [2.75, 3.05) is 0 Å². The first-order valence-corrected chi connectivity index (χ1v) is 10.00. The van der Waals surface area contributed by atoms with Crippen LogP contribution >= 0.6 is 0 Å². The van der Waals surface area contributed by atoms with Gasteiger partial charge in [0.1, 0.15) is 12.1 Å². The Kier molecular flexibility index (Phi) is 6.16. The van der Waals surface area contributed by atoms with Crippen molar-refractivity contribution in [2.24, 2.45) is 0 Å². The van der Waals surface area contributed by atoms with Gasteiger partial charge < -0.3 is 5.32 Å². The van der Waals surface area contributed by atoms with Crippen molar-refractivity contribution in [3.63, 3.8) is 0 Å². The zero-order valence-electron chi connectivity index (χ0n) is 17.4. The van der Waals surface area contributed by atoms with E-state index in [4.69, 9.17) is 0 Å². The summed E-state index contributed by atoms with van der Waals surface area (Å²) < 4.78 is 15.3. The molecule has 0 saturated carbocycles. The highest BCUT2D eigenvalue weighted by molar-refractivity contribution is 5.42. The van der Waals surface area contributed by atoms with E-state index in [0.717, 1.165) is 33.6 Å². The normalized spacial score (nSPS) is 11.6. The van der Waals surface area contributed by atoms with E-state index < -0.39 is 0 Å². The molecule has 4 rings (SSSR count). The lowest BCUT2D eigenvalue weighted by molar-refractivity contribution is 0.571. The topological polar surface area (TPSA) is 55.6 Å². The fourth-order valence-electron chi connectivity index (χ4n) is 3.31. The van der Waals surface area contributed by atoms with Gasteiger partial charge in [0.15, 0.2) is 0 Å². The molecule has 0 bridgehead atoms. The second-order valence-electron chi connectivity index (χ2n) is 7.25. The average molecular weight is 411 g/mol. The monoisotopic (exact) mass is 411 g/mol. The third-order valence-electron chi connectivity index (χ3n) is 5.05. The Hall–Kier alpha value is -3.82. The SMILES string of the molecule is Cc1c([C@@H](C)NCc2ccc(C#Cc3cncnc3)cc2)cnn1-c1cccc(F)c1. The van der Waals surface area contributed by atoms with Gasteiger partial charge in [0.25, 0.3) is 0 Å². The molecule has 5 nitrogen and oxygen atoms in total. The van der Waals surface area contributed by atoms with Crippen LogP contribution in [-0.4, -0.2) is 19.7 Å². The molecule has 0 unspecified atom stereocenters. The summed E-state index contributed by atoms with van der Waals surface area (Å²) in [6.45, 7) is 4.81. The lowest BCUT2D eigenvalue weighted by Crippen LogP contribution is -2.18. The van der Waals surface area contributed by atoms with Gasteiger partial charge in [-0.05, 0) is 49.7 Å². The summed E-state index contributed by atoms with van der Waals surface area (Å²) in [5.41, 5.74) is 5.67. The fourth-order valence-corrected chi connectivity index (χ4v) is 3.31. The summed E-state index contributed by atoms with van der Waals surface area (Å²) in [4.78, 5) is 7.92. The Balaban J connectivity index is 1.39. The third-order valence-corrected chi connectivity index (χ3v) is 5.05. The van der Waals surface area contributed by atoms with E-state index in [-0.39, 0.29) is 11.9 Å². The first-order valence-electron chi connectivity index (χ1n) is 10.00. The van der Waals surface area contributed by atoms with Gasteiger partial charge in [-0.1, -0.05) is 30.0 Å². The van der Waals surface area contributed by atoms with Crippen LogP contribution in [0.25, 0.3) is 5.69 Å². The van der Waals surface area contributed by atoms with Crippen LogP contribution in [0.1, 0.15) is 40.9 Å². The quantitative estimate of drug-likeness (QED) is 0.496. The molecule has 0 fully saturated rings. The number of hydrogen-bond acceptors (Lipinski definition) is 4. The Morgan fingerprint density at radius 3 is 2.48 bits per heavy atom. The second kappa shape index (κ2) is 9.33. The summed E-state index contributed by atoms with van der Waals surface area (Å²) in [5.74, 6) is 5.90. The molecule has 1 atom stereocenters. The number of aromatic nitrogens is 4. The second-order valence-corrected chi connectivity index (χ2v) is 7.25. The van der Waals surface area contributed by atoms with Gasteiger partial charge in [0.2, 0.25) is 0 Å². The van der Waals surface area contributed by atoms with Gasteiger partial charge in [-0.2, -0.15) is 5.10 Å². The van der Waals surface area contributed by atoms with E-state index in [1.807, 2.05) is 31.3 Å². The van der Waals surface area contributed by atoms with Crippen molar-refractivity contribution in [2.45, 2.75) is 26.4 Å². The highest BCUT2D eigenvalue weighted by Gasteiger charge is 2.14. The Labute approximate surface area is 181 Å². The molecule has 2 heterocycles. The lowest BCUT2D eigenvalue weighted by Gasteiger charge is -2.14. The molecule has 4 aromatic rings. The predicted octanol–water partition coefficient (Wildman–Crippen LogP) is 4.36. The molecule has 154 valence electrons. The van der Waals surface area contributed by atoms with E-state index >= 15 is 0 Å². The number of benzene rings is 2. The number of hydrogen-bond donors (Lipinski definition) is 1. The van der Waals surface area contributed by atoms with Gasteiger partial charge in [-0.25, -0.2) is 19.0 Å². The summed E-state index contributed by atoms with van der Waals surface area (Å²) in [6, 6.07) is 14.7. The lowest BCUT2D eigenvalue weighted by atomic mass is 10.1. The van der Waals surface area contributed by atoms with E-state index in [1.54, 1.807) is 23.1 Å². The molecule has 1 N–H and O–H groups in total. The van der Waals surface area contributed by atoms with Crippen LogP contribution < -0.4 is 5.32 Å². The molecule has 0 spiro atoms. The van der Waals surface area contributed by atoms with Crippen molar-refractivity contribution in [3.8, 4) is 17.5 Å². The van der Waals surface area contributed by atoms with Crippen LogP contribution in [0.4, 0.5) is 4.39 Å². The molecular formula is C25H22FN5. The maximum Gasteiger partial charge on any atom is 0.125 e. The van der Waals surface area contributed by atoms with Gasteiger partial charge in [-0.3, -0.25) is 0 Å². The van der Waals surface area contributed by atoms with Crippen LogP contribution in [0.5, 0.6) is 0 Å². The fraction of sp³-hybridized carbons (Fsp3) is 0.160. The molecule has 6 heteroatoms. The molecule has 0 amide bonds. The van der Waals surface area contributed by atoms with Crippen LogP contribution in [0, 0.1) is 24.6 Å². The maximum atomic E-state index is 13.6. The van der Waals surface area contributed by atoms with Crippen molar-refractivity contribution >= 4 is 0 Å². The van der Waals surface area contributed by atoms with E-state index in [1.165, 1.54) is 18.5 Å². The summed E-state index contributed by atoms with van der Waals surface area (Å²) in [5, 5.41) is 7.98. The zero-order valence-corrected chi connectivity index (χ0v) is 17.4. The van der Waals surface area contributed by atoms with Gasteiger partial charge >= 0.3 is 0 Å². The zero-order chi connectivity index (χ0) is 21.6. The van der Waals surface area contributed by atoms with Crippen LogP contribution in [0.2, 0.25) is 0 Å². The number of nitrogens with zero attached hydrogens (tertiary/aromatic N) is 4. The van der Waals surface area contributed by atoms with Gasteiger partial charge in [-0.15, -0.1) is 0 Å². The molecular weight excluding hydrogens is 389 g/mol. The molecule has 31 heavy (non-hydrogen) atoms. The van der Waals surface area contributed by atoms with Crippen molar-refractivity contribution < 1.29 is 4.39 Å². The number of halogens is 1. The summed E-state index contributed by atoms with van der Waals surface area (Å²) in [7, 11) is 0. The Bertz CT molecular complexity index is 1220.